The number of amides is 1. The van der Waals surface area contributed by atoms with Crippen LogP contribution in [0.5, 0.6) is 5.75 Å². The molecule has 2 fully saturated rings. The fourth-order valence-corrected chi connectivity index (χ4v) is 3.12. The van der Waals surface area contributed by atoms with Gasteiger partial charge >= 0.3 is 0 Å². The van der Waals surface area contributed by atoms with E-state index in [1.165, 1.54) is 0 Å². The SMILES string of the molecule is CC(C)C(=O)N1CC2(C1)OCC[C@@H]2COc1cccnc1. The predicted molar refractivity (Wildman–Crippen MR) is 77.9 cm³/mol. The van der Waals surface area contributed by atoms with Gasteiger partial charge in [-0.15, -0.1) is 0 Å². The van der Waals surface area contributed by atoms with Crippen LogP contribution in [-0.4, -0.2) is 47.7 Å². The van der Waals surface area contributed by atoms with E-state index < -0.39 is 0 Å². The van der Waals surface area contributed by atoms with E-state index in [2.05, 4.69) is 4.98 Å². The van der Waals surface area contributed by atoms with Gasteiger partial charge in [-0.3, -0.25) is 9.78 Å². The molecule has 1 aromatic rings. The van der Waals surface area contributed by atoms with Crippen molar-refractivity contribution in [3.8, 4) is 5.75 Å². The molecule has 1 aromatic heterocycles. The van der Waals surface area contributed by atoms with Gasteiger partial charge in [0.25, 0.3) is 0 Å². The maximum Gasteiger partial charge on any atom is 0.225 e. The summed E-state index contributed by atoms with van der Waals surface area (Å²) in [4.78, 5) is 17.9. The Hall–Kier alpha value is -1.62. The second kappa shape index (κ2) is 5.64. The van der Waals surface area contributed by atoms with Gasteiger partial charge in [0.2, 0.25) is 5.91 Å². The molecule has 0 saturated carbocycles. The Morgan fingerprint density at radius 3 is 3.05 bits per heavy atom. The van der Waals surface area contributed by atoms with E-state index >= 15 is 0 Å². The van der Waals surface area contributed by atoms with Crippen molar-refractivity contribution in [1.82, 2.24) is 9.88 Å². The molecule has 5 heteroatoms. The lowest BCUT2D eigenvalue weighted by Gasteiger charge is -2.50. The number of rotatable bonds is 4. The van der Waals surface area contributed by atoms with Crippen LogP contribution in [-0.2, 0) is 9.53 Å². The molecule has 3 heterocycles. The number of pyridine rings is 1. The van der Waals surface area contributed by atoms with Crippen LogP contribution in [0.25, 0.3) is 0 Å². The normalized spacial score (nSPS) is 23.4. The number of hydrogen-bond donors (Lipinski definition) is 0. The highest BCUT2D eigenvalue weighted by molar-refractivity contribution is 5.79. The Morgan fingerprint density at radius 1 is 1.57 bits per heavy atom. The summed E-state index contributed by atoms with van der Waals surface area (Å²) in [5.74, 6) is 1.39. The second-order valence-corrected chi connectivity index (χ2v) is 6.25. The molecule has 21 heavy (non-hydrogen) atoms. The Kier molecular flexibility index (Phi) is 3.85. The van der Waals surface area contributed by atoms with Crippen LogP contribution < -0.4 is 4.74 Å². The Morgan fingerprint density at radius 2 is 2.38 bits per heavy atom. The molecule has 0 aliphatic carbocycles. The fraction of sp³-hybridized carbons (Fsp3) is 0.625. The summed E-state index contributed by atoms with van der Waals surface area (Å²) < 4.78 is 11.8. The molecule has 1 spiro atoms. The summed E-state index contributed by atoms with van der Waals surface area (Å²) in [5.41, 5.74) is -0.188. The maximum atomic E-state index is 12.0. The van der Waals surface area contributed by atoms with Crippen LogP contribution in [0, 0.1) is 11.8 Å². The van der Waals surface area contributed by atoms with Crippen LogP contribution in [0.1, 0.15) is 20.3 Å². The molecule has 5 nitrogen and oxygen atoms in total. The first-order valence-electron chi connectivity index (χ1n) is 7.56. The highest BCUT2D eigenvalue weighted by Crippen LogP contribution is 2.40. The number of ether oxygens (including phenoxy) is 2. The number of carbonyl (C=O) groups excluding carboxylic acids is 1. The van der Waals surface area contributed by atoms with Gasteiger partial charge in [0, 0.05) is 24.6 Å². The summed E-state index contributed by atoms with van der Waals surface area (Å²) >= 11 is 0. The van der Waals surface area contributed by atoms with E-state index in [1.807, 2.05) is 30.9 Å². The molecule has 0 aromatic carbocycles. The third-order valence-corrected chi connectivity index (χ3v) is 4.41. The van der Waals surface area contributed by atoms with Crippen LogP contribution in [0.2, 0.25) is 0 Å². The molecule has 1 atom stereocenters. The van der Waals surface area contributed by atoms with Gasteiger partial charge in [0.05, 0.1) is 25.9 Å². The lowest BCUT2D eigenvalue weighted by Crippen LogP contribution is -2.67. The van der Waals surface area contributed by atoms with Gasteiger partial charge < -0.3 is 14.4 Å². The molecule has 0 radical (unpaired) electrons. The third-order valence-electron chi connectivity index (χ3n) is 4.41. The lowest BCUT2D eigenvalue weighted by molar-refractivity contribution is -0.169. The van der Waals surface area contributed by atoms with Crippen molar-refractivity contribution in [2.45, 2.75) is 25.9 Å². The standard InChI is InChI=1S/C16H22N2O3/c1-12(2)15(19)18-10-16(11-18)13(5-7-21-16)9-20-14-4-3-6-17-8-14/h3-4,6,8,12-13H,5,7,9-11H2,1-2H3/t13-/m1/s1. The van der Waals surface area contributed by atoms with Crippen LogP contribution in [0.3, 0.4) is 0 Å². The summed E-state index contributed by atoms with van der Waals surface area (Å²) in [6.45, 7) is 6.65. The van der Waals surface area contributed by atoms with Gasteiger partial charge in [-0.25, -0.2) is 0 Å². The summed E-state index contributed by atoms with van der Waals surface area (Å²) in [6.07, 6.45) is 4.44. The Labute approximate surface area is 125 Å². The third kappa shape index (κ3) is 2.75. The van der Waals surface area contributed by atoms with Crippen molar-refractivity contribution in [1.29, 1.82) is 0 Å². The minimum absolute atomic E-state index is 0.0499. The van der Waals surface area contributed by atoms with E-state index in [4.69, 9.17) is 9.47 Å². The van der Waals surface area contributed by atoms with Gasteiger partial charge in [-0.1, -0.05) is 13.8 Å². The van der Waals surface area contributed by atoms with Crippen molar-refractivity contribution in [3.63, 3.8) is 0 Å². The number of likely N-dealkylation sites (tertiary alicyclic amines) is 1. The molecule has 1 amide bonds. The van der Waals surface area contributed by atoms with Crippen molar-refractivity contribution >= 4 is 5.91 Å². The van der Waals surface area contributed by atoms with Gasteiger partial charge in [-0.2, -0.15) is 0 Å². The summed E-state index contributed by atoms with van der Waals surface area (Å²) in [5, 5.41) is 0. The minimum Gasteiger partial charge on any atom is -0.492 e. The van der Waals surface area contributed by atoms with E-state index in [0.717, 1.165) is 18.8 Å². The number of aromatic nitrogens is 1. The predicted octanol–water partition coefficient (Wildman–Crippen LogP) is 1.73. The smallest absolute Gasteiger partial charge is 0.225 e. The van der Waals surface area contributed by atoms with Crippen LogP contribution >= 0.6 is 0 Å². The van der Waals surface area contributed by atoms with E-state index in [1.54, 1.807) is 12.4 Å². The monoisotopic (exact) mass is 290 g/mol. The van der Waals surface area contributed by atoms with Crippen molar-refractivity contribution < 1.29 is 14.3 Å². The first kappa shape index (κ1) is 14.3. The zero-order valence-corrected chi connectivity index (χ0v) is 12.6. The molecule has 2 saturated heterocycles. The number of nitrogens with zero attached hydrogens (tertiary/aromatic N) is 2. The molecule has 2 aliphatic rings. The average Bonchev–Trinajstić information content (AvgIpc) is 2.87. The molecule has 114 valence electrons. The summed E-state index contributed by atoms with van der Waals surface area (Å²) in [7, 11) is 0. The van der Waals surface area contributed by atoms with Crippen LogP contribution in [0.4, 0.5) is 0 Å². The molecule has 0 unspecified atom stereocenters. The molecule has 3 rings (SSSR count). The number of hydrogen-bond acceptors (Lipinski definition) is 4. The van der Waals surface area contributed by atoms with Gasteiger partial charge in [-0.05, 0) is 18.6 Å². The van der Waals surface area contributed by atoms with E-state index in [-0.39, 0.29) is 17.4 Å². The lowest BCUT2D eigenvalue weighted by atomic mass is 9.80. The Balaban J connectivity index is 1.56. The largest absolute Gasteiger partial charge is 0.492 e. The highest BCUT2D eigenvalue weighted by atomic mass is 16.5. The van der Waals surface area contributed by atoms with E-state index in [9.17, 15) is 4.79 Å². The minimum atomic E-state index is -0.188. The van der Waals surface area contributed by atoms with Crippen LogP contribution in [0.15, 0.2) is 24.5 Å². The molecule has 2 aliphatic heterocycles. The molecular weight excluding hydrogens is 268 g/mol. The second-order valence-electron chi connectivity index (χ2n) is 6.25. The quantitative estimate of drug-likeness (QED) is 0.847. The Bertz CT molecular complexity index is 498. The van der Waals surface area contributed by atoms with Gasteiger partial charge in [0.15, 0.2) is 0 Å². The van der Waals surface area contributed by atoms with Crippen molar-refractivity contribution in [3.05, 3.63) is 24.5 Å². The summed E-state index contributed by atoms with van der Waals surface area (Å²) in [6, 6.07) is 3.77. The zero-order valence-electron chi connectivity index (χ0n) is 12.6. The van der Waals surface area contributed by atoms with Crippen molar-refractivity contribution in [2.75, 3.05) is 26.3 Å². The molecule has 0 bridgehead atoms. The van der Waals surface area contributed by atoms with Crippen molar-refractivity contribution in [2.24, 2.45) is 11.8 Å². The highest BCUT2D eigenvalue weighted by Gasteiger charge is 2.54. The topological polar surface area (TPSA) is 51.7 Å². The first-order chi connectivity index (χ1) is 10.1. The average molecular weight is 290 g/mol. The molecular formula is C16H22N2O3. The van der Waals surface area contributed by atoms with Gasteiger partial charge in [0.1, 0.15) is 11.4 Å². The first-order valence-corrected chi connectivity index (χ1v) is 7.56. The zero-order chi connectivity index (χ0) is 14.9. The maximum absolute atomic E-state index is 12.0. The molecule has 0 N–H and O–H groups in total. The number of carbonyl (C=O) groups is 1. The van der Waals surface area contributed by atoms with E-state index in [0.29, 0.717) is 25.6 Å². The fourth-order valence-electron chi connectivity index (χ4n) is 3.12.